The van der Waals surface area contributed by atoms with E-state index in [2.05, 4.69) is 29.4 Å². The number of alkyl halides is 3. The SMILES string of the molecule is CCN(CC)CCNCCCCCCCCCC(=O)Nc1ccc([N+](=O)[O-])c(C(F)(F)F)c1. The van der Waals surface area contributed by atoms with Gasteiger partial charge in [0, 0.05) is 31.3 Å². The number of nitro groups is 1. The molecule has 0 aliphatic rings. The van der Waals surface area contributed by atoms with E-state index in [1.807, 2.05) is 0 Å². The lowest BCUT2D eigenvalue weighted by atomic mass is 10.1. The predicted octanol–water partition coefficient (Wildman–Crippen LogP) is 5.60. The van der Waals surface area contributed by atoms with Crippen molar-refractivity contribution in [3.8, 4) is 0 Å². The fraction of sp³-hybridized carbons (Fsp3) is 0.696. The Morgan fingerprint density at radius 2 is 1.61 bits per heavy atom. The summed E-state index contributed by atoms with van der Waals surface area (Å²) >= 11 is 0. The third kappa shape index (κ3) is 12.0. The van der Waals surface area contributed by atoms with E-state index in [4.69, 9.17) is 0 Å². The first kappa shape index (κ1) is 28.8. The second-order valence-electron chi connectivity index (χ2n) is 8.04. The summed E-state index contributed by atoms with van der Waals surface area (Å²) in [5.74, 6) is -0.396. The predicted molar refractivity (Wildman–Crippen MR) is 124 cm³/mol. The number of benzene rings is 1. The summed E-state index contributed by atoms with van der Waals surface area (Å²) in [7, 11) is 0. The molecule has 1 aromatic carbocycles. The molecule has 0 radical (unpaired) electrons. The lowest BCUT2D eigenvalue weighted by Crippen LogP contribution is -2.32. The number of rotatable bonds is 17. The first-order chi connectivity index (χ1) is 15.7. The van der Waals surface area contributed by atoms with Crippen LogP contribution in [0.5, 0.6) is 0 Å². The highest BCUT2D eigenvalue weighted by Crippen LogP contribution is 2.37. The van der Waals surface area contributed by atoms with Crippen molar-refractivity contribution in [3.05, 3.63) is 33.9 Å². The van der Waals surface area contributed by atoms with E-state index in [0.717, 1.165) is 77.0 Å². The lowest BCUT2D eigenvalue weighted by molar-refractivity contribution is -0.388. The minimum absolute atomic E-state index is 0.0939. The van der Waals surface area contributed by atoms with Crippen molar-refractivity contribution >= 4 is 17.3 Å². The van der Waals surface area contributed by atoms with Crippen LogP contribution < -0.4 is 10.6 Å². The summed E-state index contributed by atoms with van der Waals surface area (Å²) in [5.41, 5.74) is -2.50. The number of hydrogen-bond donors (Lipinski definition) is 2. The summed E-state index contributed by atoms with van der Waals surface area (Å²) in [4.78, 5) is 24.1. The molecule has 1 rings (SSSR count). The number of unbranched alkanes of at least 4 members (excludes halogenated alkanes) is 6. The van der Waals surface area contributed by atoms with Crippen LogP contribution in [0, 0.1) is 10.1 Å². The van der Waals surface area contributed by atoms with Crippen LogP contribution >= 0.6 is 0 Å². The molecule has 2 N–H and O–H groups in total. The highest BCUT2D eigenvalue weighted by Gasteiger charge is 2.38. The van der Waals surface area contributed by atoms with Gasteiger partial charge in [-0.25, -0.2) is 0 Å². The van der Waals surface area contributed by atoms with E-state index in [-0.39, 0.29) is 12.1 Å². The van der Waals surface area contributed by atoms with Crippen molar-refractivity contribution in [1.82, 2.24) is 10.2 Å². The first-order valence-electron chi connectivity index (χ1n) is 11.8. The Balaban J connectivity index is 2.15. The van der Waals surface area contributed by atoms with Gasteiger partial charge in [-0.3, -0.25) is 14.9 Å². The molecule has 0 bridgehead atoms. The van der Waals surface area contributed by atoms with Crippen molar-refractivity contribution in [2.75, 3.05) is 38.0 Å². The summed E-state index contributed by atoms with van der Waals surface area (Å²) < 4.78 is 39.0. The zero-order chi connectivity index (χ0) is 24.7. The smallest absolute Gasteiger partial charge is 0.326 e. The van der Waals surface area contributed by atoms with E-state index in [1.165, 1.54) is 6.42 Å². The van der Waals surface area contributed by atoms with Gasteiger partial charge in [-0.2, -0.15) is 13.2 Å². The average molecular weight is 475 g/mol. The molecule has 7 nitrogen and oxygen atoms in total. The van der Waals surface area contributed by atoms with E-state index >= 15 is 0 Å². The molecule has 0 atom stereocenters. The number of nitrogens with one attached hydrogen (secondary N) is 2. The standard InChI is InChI=1S/C23H37F3N4O3/c1-3-29(4-2)17-16-27-15-11-9-7-5-6-8-10-12-22(31)28-19-13-14-21(30(32)33)20(18-19)23(24,25)26/h13-14,18,27H,3-12,15-17H2,1-2H3,(H,28,31). The Labute approximate surface area is 194 Å². The number of halogens is 3. The fourth-order valence-corrected chi connectivity index (χ4v) is 3.54. The van der Waals surface area contributed by atoms with Gasteiger partial charge in [0.2, 0.25) is 5.91 Å². The van der Waals surface area contributed by atoms with Crippen LogP contribution in [-0.4, -0.2) is 48.5 Å². The van der Waals surface area contributed by atoms with Crippen LogP contribution in [0.3, 0.4) is 0 Å². The third-order valence-electron chi connectivity index (χ3n) is 5.54. The zero-order valence-corrected chi connectivity index (χ0v) is 19.7. The molecule has 0 fully saturated rings. The average Bonchev–Trinajstić information content (AvgIpc) is 2.76. The molecule has 0 unspecified atom stereocenters. The Bertz CT molecular complexity index is 725. The molecule has 0 saturated carbocycles. The number of likely N-dealkylation sites (N-methyl/N-ethyl adjacent to an activating group) is 1. The van der Waals surface area contributed by atoms with Crippen LogP contribution in [0.25, 0.3) is 0 Å². The minimum Gasteiger partial charge on any atom is -0.326 e. The number of anilines is 1. The molecule has 0 saturated heterocycles. The van der Waals surface area contributed by atoms with Gasteiger partial charge in [0.25, 0.3) is 5.69 Å². The van der Waals surface area contributed by atoms with Crippen molar-refractivity contribution in [2.45, 2.75) is 71.4 Å². The summed E-state index contributed by atoms with van der Waals surface area (Å²) in [5, 5.41) is 16.7. The van der Waals surface area contributed by atoms with E-state index < -0.39 is 28.3 Å². The van der Waals surface area contributed by atoms with Gasteiger partial charge in [0.1, 0.15) is 5.56 Å². The summed E-state index contributed by atoms with van der Waals surface area (Å²) in [6.45, 7) is 9.62. The van der Waals surface area contributed by atoms with E-state index in [1.54, 1.807) is 0 Å². The Morgan fingerprint density at radius 3 is 2.18 bits per heavy atom. The van der Waals surface area contributed by atoms with Crippen molar-refractivity contribution in [3.63, 3.8) is 0 Å². The molecule has 0 spiro atoms. The van der Waals surface area contributed by atoms with Crippen LogP contribution in [0.15, 0.2) is 18.2 Å². The van der Waals surface area contributed by atoms with Gasteiger partial charge in [-0.15, -0.1) is 0 Å². The monoisotopic (exact) mass is 474 g/mol. The number of amides is 1. The molecular weight excluding hydrogens is 437 g/mol. The minimum atomic E-state index is -4.87. The molecule has 0 aliphatic carbocycles. The van der Waals surface area contributed by atoms with Gasteiger partial charge in [0.15, 0.2) is 0 Å². The Hall–Kier alpha value is -2.20. The van der Waals surface area contributed by atoms with Crippen LogP contribution in [0.1, 0.15) is 70.8 Å². The Morgan fingerprint density at radius 1 is 1.00 bits per heavy atom. The highest BCUT2D eigenvalue weighted by atomic mass is 19.4. The van der Waals surface area contributed by atoms with E-state index in [0.29, 0.717) is 12.5 Å². The molecule has 10 heteroatoms. The van der Waals surface area contributed by atoms with Gasteiger partial charge >= 0.3 is 6.18 Å². The van der Waals surface area contributed by atoms with Crippen LogP contribution in [0.4, 0.5) is 24.5 Å². The van der Waals surface area contributed by atoms with Crippen molar-refractivity contribution in [2.24, 2.45) is 0 Å². The number of carbonyl (C=O) groups is 1. The van der Waals surface area contributed by atoms with Crippen LogP contribution in [-0.2, 0) is 11.0 Å². The maximum absolute atomic E-state index is 13.0. The molecular formula is C23H37F3N4O3. The summed E-state index contributed by atoms with van der Waals surface area (Å²) in [6, 6.07) is 2.48. The molecule has 33 heavy (non-hydrogen) atoms. The van der Waals surface area contributed by atoms with Gasteiger partial charge < -0.3 is 15.5 Å². The number of nitrogens with zero attached hydrogens (tertiary/aromatic N) is 2. The maximum Gasteiger partial charge on any atom is 0.423 e. The van der Waals surface area contributed by atoms with Gasteiger partial charge in [-0.05, 0) is 44.6 Å². The molecule has 0 heterocycles. The molecule has 0 aromatic heterocycles. The zero-order valence-electron chi connectivity index (χ0n) is 19.7. The summed E-state index contributed by atoms with van der Waals surface area (Å²) in [6.07, 6.45) is 2.43. The number of carbonyl (C=O) groups excluding carboxylic acids is 1. The molecule has 1 aromatic rings. The van der Waals surface area contributed by atoms with Gasteiger partial charge in [-0.1, -0.05) is 46.0 Å². The fourth-order valence-electron chi connectivity index (χ4n) is 3.54. The number of nitro benzene ring substituents is 1. The largest absolute Gasteiger partial charge is 0.423 e. The second kappa shape index (κ2) is 15.6. The molecule has 188 valence electrons. The maximum atomic E-state index is 13.0. The quantitative estimate of drug-likeness (QED) is 0.174. The second-order valence-corrected chi connectivity index (χ2v) is 8.04. The highest BCUT2D eigenvalue weighted by molar-refractivity contribution is 5.91. The normalized spacial score (nSPS) is 11.7. The molecule has 0 aliphatic heterocycles. The van der Waals surface area contributed by atoms with E-state index in [9.17, 15) is 28.1 Å². The lowest BCUT2D eigenvalue weighted by Gasteiger charge is -2.17. The van der Waals surface area contributed by atoms with Crippen LogP contribution in [0.2, 0.25) is 0 Å². The van der Waals surface area contributed by atoms with Crippen molar-refractivity contribution in [1.29, 1.82) is 0 Å². The molecule has 1 amide bonds. The third-order valence-corrected chi connectivity index (χ3v) is 5.54. The first-order valence-corrected chi connectivity index (χ1v) is 11.8. The van der Waals surface area contributed by atoms with Crippen molar-refractivity contribution < 1.29 is 22.9 Å². The Kier molecular flexibility index (Phi) is 13.6. The van der Waals surface area contributed by atoms with Gasteiger partial charge in [0.05, 0.1) is 4.92 Å². The topological polar surface area (TPSA) is 87.5 Å². The number of hydrogen-bond acceptors (Lipinski definition) is 5.